The second-order valence-corrected chi connectivity index (χ2v) is 6.59. The van der Waals surface area contributed by atoms with E-state index >= 15 is 0 Å². The number of hydrogen-bond donors (Lipinski definition) is 0. The summed E-state index contributed by atoms with van der Waals surface area (Å²) < 4.78 is 0. The van der Waals surface area contributed by atoms with E-state index in [-0.39, 0.29) is 0 Å². The number of aryl methyl sites for hydroxylation is 2. The first-order valence-electron chi connectivity index (χ1n) is 8.34. The van der Waals surface area contributed by atoms with Gasteiger partial charge in [-0.15, -0.1) is 0 Å². The van der Waals surface area contributed by atoms with Gasteiger partial charge in [0.2, 0.25) is 0 Å². The van der Waals surface area contributed by atoms with Crippen LogP contribution in [-0.2, 0) is 0 Å². The fourth-order valence-electron chi connectivity index (χ4n) is 3.23. The molecule has 3 aromatic rings. The normalized spacial score (nSPS) is 11.0. The van der Waals surface area contributed by atoms with E-state index in [0.717, 1.165) is 0 Å². The van der Waals surface area contributed by atoms with Crippen molar-refractivity contribution in [1.82, 2.24) is 0 Å². The minimum atomic E-state index is 0.510. The molecule has 0 heterocycles. The van der Waals surface area contributed by atoms with E-state index in [9.17, 15) is 0 Å². The predicted octanol–water partition coefficient (Wildman–Crippen LogP) is 6.76. The highest BCUT2D eigenvalue weighted by atomic mass is 14.2. The molecule has 0 aliphatic carbocycles. The van der Waals surface area contributed by atoms with Crippen LogP contribution in [0.1, 0.15) is 36.5 Å². The van der Waals surface area contributed by atoms with Crippen LogP contribution in [0.3, 0.4) is 0 Å². The van der Waals surface area contributed by atoms with Gasteiger partial charge in [-0.3, -0.25) is 0 Å². The molecule has 3 aromatic carbocycles. The van der Waals surface area contributed by atoms with Crippen LogP contribution in [0.25, 0.3) is 22.3 Å². The van der Waals surface area contributed by atoms with Crippen molar-refractivity contribution >= 4 is 0 Å². The van der Waals surface area contributed by atoms with Crippen molar-refractivity contribution in [2.24, 2.45) is 0 Å². The quantitative estimate of drug-likeness (QED) is 0.501. The maximum Gasteiger partial charge on any atom is -0.0140 e. The van der Waals surface area contributed by atoms with Crippen molar-refractivity contribution in [1.29, 1.82) is 0 Å². The Hall–Kier alpha value is -2.34. The zero-order valence-electron chi connectivity index (χ0n) is 14.4. The molecule has 0 N–H and O–H groups in total. The summed E-state index contributed by atoms with van der Waals surface area (Å²) in [5.41, 5.74) is 9.38. The minimum Gasteiger partial charge on any atom is -0.0620 e. The monoisotopic (exact) mass is 300 g/mol. The molecule has 23 heavy (non-hydrogen) atoms. The van der Waals surface area contributed by atoms with E-state index in [0.29, 0.717) is 5.92 Å². The van der Waals surface area contributed by atoms with Gasteiger partial charge in [0.25, 0.3) is 0 Å². The molecule has 0 bridgehead atoms. The van der Waals surface area contributed by atoms with Crippen LogP contribution in [0.5, 0.6) is 0 Å². The molecule has 0 radical (unpaired) electrons. The molecule has 0 aliphatic heterocycles. The lowest BCUT2D eigenvalue weighted by Crippen LogP contribution is -1.95. The molecule has 0 nitrogen and oxygen atoms in total. The Morgan fingerprint density at radius 2 is 1.17 bits per heavy atom. The molecule has 0 heteroatoms. The summed E-state index contributed by atoms with van der Waals surface area (Å²) in [6.07, 6.45) is 0. The fraction of sp³-hybridized carbons (Fsp3) is 0.217. The van der Waals surface area contributed by atoms with E-state index in [2.05, 4.69) is 94.4 Å². The molecule has 0 saturated carbocycles. The highest BCUT2D eigenvalue weighted by Crippen LogP contribution is 2.35. The zero-order valence-corrected chi connectivity index (χ0v) is 14.4. The van der Waals surface area contributed by atoms with E-state index < -0.39 is 0 Å². The molecule has 0 unspecified atom stereocenters. The Kier molecular flexibility index (Phi) is 4.34. The summed E-state index contributed by atoms with van der Waals surface area (Å²) in [6.45, 7) is 8.91. The first-order chi connectivity index (χ1) is 11.1. The molecular weight excluding hydrogens is 276 g/mol. The lowest BCUT2D eigenvalue weighted by atomic mass is 9.87. The average Bonchev–Trinajstić information content (AvgIpc) is 2.55. The van der Waals surface area contributed by atoms with Gasteiger partial charge in [-0.1, -0.05) is 74.5 Å². The van der Waals surface area contributed by atoms with Gasteiger partial charge in [-0.05, 0) is 64.8 Å². The van der Waals surface area contributed by atoms with Gasteiger partial charge in [-0.25, -0.2) is 0 Å². The van der Waals surface area contributed by atoms with Crippen LogP contribution in [0, 0.1) is 13.8 Å². The number of rotatable bonds is 3. The predicted molar refractivity (Wildman–Crippen MR) is 101 cm³/mol. The highest BCUT2D eigenvalue weighted by Gasteiger charge is 2.12. The van der Waals surface area contributed by atoms with Crippen LogP contribution in [0.15, 0.2) is 66.7 Å². The molecule has 0 amide bonds. The largest absolute Gasteiger partial charge is 0.0620 e. The number of hydrogen-bond acceptors (Lipinski definition) is 0. The third-order valence-corrected chi connectivity index (χ3v) is 4.57. The highest BCUT2D eigenvalue weighted by molar-refractivity contribution is 5.78. The maximum absolute atomic E-state index is 2.36. The molecule has 3 rings (SSSR count). The van der Waals surface area contributed by atoms with Crippen LogP contribution in [0.2, 0.25) is 0 Å². The third-order valence-electron chi connectivity index (χ3n) is 4.57. The summed E-state index contributed by atoms with van der Waals surface area (Å²) in [5.74, 6) is 0.510. The van der Waals surface area contributed by atoms with Crippen molar-refractivity contribution in [3.63, 3.8) is 0 Å². The molecule has 0 fully saturated rings. The average molecular weight is 300 g/mol. The summed E-state index contributed by atoms with van der Waals surface area (Å²) in [6, 6.07) is 24.2. The third kappa shape index (κ3) is 3.07. The lowest BCUT2D eigenvalue weighted by molar-refractivity contribution is 0.869. The van der Waals surface area contributed by atoms with Crippen molar-refractivity contribution in [3.05, 3.63) is 83.4 Å². The first kappa shape index (κ1) is 15.6. The van der Waals surface area contributed by atoms with E-state index in [1.165, 1.54) is 38.9 Å². The van der Waals surface area contributed by atoms with Crippen molar-refractivity contribution in [3.8, 4) is 22.3 Å². The number of benzene rings is 3. The van der Waals surface area contributed by atoms with Crippen molar-refractivity contribution in [2.75, 3.05) is 0 Å². The standard InChI is InChI=1S/C23H24/c1-16(2)20-14-13-19(21-11-7-5-9-17(21)3)15-23(20)22-12-8-6-10-18(22)4/h5-16H,1-4H3. The second kappa shape index (κ2) is 6.42. The maximum atomic E-state index is 2.36. The van der Waals surface area contributed by atoms with Gasteiger partial charge in [0.05, 0.1) is 0 Å². The van der Waals surface area contributed by atoms with Gasteiger partial charge in [0.1, 0.15) is 0 Å². The van der Waals surface area contributed by atoms with E-state index in [1.807, 2.05) is 0 Å². The van der Waals surface area contributed by atoms with Crippen molar-refractivity contribution < 1.29 is 0 Å². The van der Waals surface area contributed by atoms with Crippen LogP contribution < -0.4 is 0 Å². The fourth-order valence-corrected chi connectivity index (χ4v) is 3.23. The van der Waals surface area contributed by atoms with E-state index in [1.54, 1.807) is 0 Å². The van der Waals surface area contributed by atoms with Gasteiger partial charge >= 0.3 is 0 Å². The molecule has 0 spiro atoms. The Morgan fingerprint density at radius 1 is 0.609 bits per heavy atom. The van der Waals surface area contributed by atoms with Gasteiger partial charge in [0, 0.05) is 0 Å². The molecule has 116 valence electrons. The Balaban J connectivity index is 2.23. The molecule has 0 saturated heterocycles. The molecule has 0 aliphatic rings. The SMILES string of the molecule is Cc1ccccc1-c1ccc(C(C)C)c(-c2ccccc2C)c1. The van der Waals surface area contributed by atoms with Gasteiger partial charge in [0.15, 0.2) is 0 Å². The van der Waals surface area contributed by atoms with Crippen LogP contribution >= 0.6 is 0 Å². The summed E-state index contributed by atoms with van der Waals surface area (Å²) >= 11 is 0. The lowest BCUT2D eigenvalue weighted by Gasteiger charge is -2.17. The Morgan fingerprint density at radius 3 is 1.74 bits per heavy atom. The Bertz CT molecular complexity index is 825. The van der Waals surface area contributed by atoms with Gasteiger partial charge in [-0.2, -0.15) is 0 Å². The first-order valence-corrected chi connectivity index (χ1v) is 8.34. The van der Waals surface area contributed by atoms with E-state index in [4.69, 9.17) is 0 Å². The topological polar surface area (TPSA) is 0 Å². The van der Waals surface area contributed by atoms with Crippen LogP contribution in [0.4, 0.5) is 0 Å². The molecule has 0 aromatic heterocycles. The summed E-state index contributed by atoms with van der Waals surface area (Å²) in [5, 5.41) is 0. The zero-order chi connectivity index (χ0) is 16.4. The van der Waals surface area contributed by atoms with Gasteiger partial charge < -0.3 is 0 Å². The summed E-state index contributed by atoms with van der Waals surface area (Å²) in [7, 11) is 0. The minimum absolute atomic E-state index is 0.510. The molecule has 0 atom stereocenters. The smallest absolute Gasteiger partial charge is 0.0140 e. The molecular formula is C23H24. The summed E-state index contributed by atoms with van der Waals surface area (Å²) in [4.78, 5) is 0. The van der Waals surface area contributed by atoms with Crippen LogP contribution in [-0.4, -0.2) is 0 Å². The second-order valence-electron chi connectivity index (χ2n) is 6.59. The Labute approximate surface area is 139 Å². The van der Waals surface area contributed by atoms with Crippen molar-refractivity contribution in [2.45, 2.75) is 33.6 Å².